The van der Waals surface area contributed by atoms with Gasteiger partial charge in [0.25, 0.3) is 5.56 Å². The highest BCUT2D eigenvalue weighted by atomic mass is 35.5. The van der Waals surface area contributed by atoms with E-state index in [1.807, 2.05) is 0 Å². The largest absolute Gasteiger partial charge is 0.492 e. The maximum absolute atomic E-state index is 12.0. The zero-order chi connectivity index (χ0) is 15.4. The molecule has 0 aliphatic rings. The van der Waals surface area contributed by atoms with Crippen molar-refractivity contribution in [1.29, 1.82) is 0 Å². The molecule has 1 aromatic carbocycles. The molecule has 0 radical (unpaired) electrons. The fraction of sp³-hybridized carbons (Fsp3) is 0.286. The molecule has 112 valence electrons. The Kier molecular flexibility index (Phi) is 5.09. The molecule has 0 unspecified atom stereocenters. The lowest BCUT2D eigenvalue weighted by Gasteiger charge is -2.14. The molecule has 0 amide bonds. The summed E-state index contributed by atoms with van der Waals surface area (Å²) in [4.78, 5) is 13.8. The molecule has 0 N–H and O–H groups in total. The predicted octanol–water partition coefficient (Wildman–Crippen LogP) is 2.70. The quantitative estimate of drug-likeness (QED) is 0.847. The smallest absolute Gasteiger partial charge is 0.287 e. The molecule has 0 saturated heterocycles. The summed E-state index contributed by atoms with van der Waals surface area (Å²) in [6.07, 6.45) is 1.56. The maximum atomic E-state index is 12.0. The summed E-state index contributed by atoms with van der Waals surface area (Å²) >= 11 is 11.8. The normalized spacial score (nSPS) is 10.5. The fourth-order valence-corrected chi connectivity index (χ4v) is 2.15. The molecule has 0 saturated carbocycles. The third-order valence-electron chi connectivity index (χ3n) is 2.83. The molecule has 1 heterocycles. The van der Waals surface area contributed by atoms with Gasteiger partial charge in [0.1, 0.15) is 17.4 Å². The summed E-state index contributed by atoms with van der Waals surface area (Å²) in [7, 11) is 3.60. The minimum Gasteiger partial charge on any atom is -0.492 e. The predicted molar refractivity (Wildman–Crippen MR) is 84.8 cm³/mol. The van der Waals surface area contributed by atoms with Crippen LogP contribution in [0.15, 0.2) is 35.3 Å². The number of aromatic nitrogens is 2. The molecule has 21 heavy (non-hydrogen) atoms. The second kappa shape index (κ2) is 6.83. The first kappa shape index (κ1) is 15.7. The van der Waals surface area contributed by atoms with E-state index in [4.69, 9.17) is 27.9 Å². The Morgan fingerprint density at radius 1 is 1.24 bits per heavy atom. The molecule has 1 aromatic heterocycles. The van der Waals surface area contributed by atoms with Crippen molar-refractivity contribution in [3.05, 3.63) is 50.9 Å². The van der Waals surface area contributed by atoms with E-state index < -0.39 is 0 Å². The van der Waals surface area contributed by atoms with Gasteiger partial charge in [-0.3, -0.25) is 4.79 Å². The molecular weight excluding hydrogens is 313 g/mol. The van der Waals surface area contributed by atoms with E-state index in [9.17, 15) is 4.79 Å². The Labute approximate surface area is 132 Å². The average molecular weight is 328 g/mol. The lowest BCUT2D eigenvalue weighted by atomic mass is 10.3. The molecule has 5 nitrogen and oxygen atoms in total. The first-order chi connectivity index (χ1) is 9.99. The van der Waals surface area contributed by atoms with Gasteiger partial charge >= 0.3 is 0 Å². The van der Waals surface area contributed by atoms with E-state index in [0.29, 0.717) is 29.6 Å². The number of nitrogens with zero attached hydrogens (tertiary/aromatic N) is 3. The summed E-state index contributed by atoms with van der Waals surface area (Å²) in [6, 6.07) is 7.01. The van der Waals surface area contributed by atoms with Gasteiger partial charge in [-0.1, -0.05) is 23.2 Å². The van der Waals surface area contributed by atoms with Crippen molar-refractivity contribution in [2.45, 2.75) is 6.54 Å². The molecule has 0 aliphatic carbocycles. The van der Waals surface area contributed by atoms with Crippen LogP contribution in [0.25, 0.3) is 0 Å². The standard InChI is InChI=1S/C14H15Cl2N3O2/c1-18(2)12-9-17-19(14(20)13(12)16)7-8-21-11-5-3-10(15)4-6-11/h3-6,9H,7-8H2,1-2H3. The van der Waals surface area contributed by atoms with Crippen LogP contribution in [0.3, 0.4) is 0 Å². The average Bonchev–Trinajstić information content (AvgIpc) is 2.45. The summed E-state index contributed by atoms with van der Waals surface area (Å²) in [5, 5.41) is 4.88. The topological polar surface area (TPSA) is 47.4 Å². The first-order valence-electron chi connectivity index (χ1n) is 6.30. The lowest BCUT2D eigenvalue weighted by Crippen LogP contribution is -2.28. The maximum Gasteiger partial charge on any atom is 0.287 e. The Morgan fingerprint density at radius 2 is 1.90 bits per heavy atom. The number of benzene rings is 1. The third-order valence-corrected chi connectivity index (χ3v) is 3.44. The molecule has 0 atom stereocenters. The van der Waals surface area contributed by atoms with Gasteiger partial charge in [-0.15, -0.1) is 0 Å². The molecule has 2 aromatic rings. The van der Waals surface area contributed by atoms with Gasteiger partial charge in [0.05, 0.1) is 18.4 Å². The highest BCUT2D eigenvalue weighted by Crippen LogP contribution is 2.18. The molecule has 0 fully saturated rings. The minimum atomic E-state index is -0.331. The van der Waals surface area contributed by atoms with Gasteiger partial charge in [-0.2, -0.15) is 5.10 Å². The highest BCUT2D eigenvalue weighted by molar-refractivity contribution is 6.33. The second-order valence-corrected chi connectivity index (χ2v) is 5.38. The van der Waals surface area contributed by atoms with Crippen LogP contribution in [0.5, 0.6) is 5.75 Å². The molecular formula is C14H15Cl2N3O2. The number of anilines is 1. The van der Waals surface area contributed by atoms with Gasteiger partial charge in [0.15, 0.2) is 0 Å². The summed E-state index contributed by atoms with van der Waals surface area (Å²) in [6.45, 7) is 0.626. The van der Waals surface area contributed by atoms with Gasteiger partial charge < -0.3 is 9.64 Å². The van der Waals surface area contributed by atoms with E-state index in [0.717, 1.165) is 0 Å². The first-order valence-corrected chi connectivity index (χ1v) is 7.06. The van der Waals surface area contributed by atoms with Crippen molar-refractivity contribution in [1.82, 2.24) is 9.78 Å². The zero-order valence-electron chi connectivity index (χ0n) is 11.7. The third kappa shape index (κ3) is 3.89. The van der Waals surface area contributed by atoms with Gasteiger partial charge in [0, 0.05) is 19.1 Å². The van der Waals surface area contributed by atoms with Crippen LogP contribution in [0, 0.1) is 0 Å². The summed E-state index contributed by atoms with van der Waals surface area (Å²) in [5.41, 5.74) is 0.263. The summed E-state index contributed by atoms with van der Waals surface area (Å²) < 4.78 is 6.81. The lowest BCUT2D eigenvalue weighted by molar-refractivity contribution is 0.288. The van der Waals surface area contributed by atoms with Gasteiger partial charge in [-0.05, 0) is 24.3 Å². The number of hydrogen-bond donors (Lipinski definition) is 0. The Hall–Kier alpha value is -1.72. The van der Waals surface area contributed by atoms with E-state index in [2.05, 4.69) is 5.10 Å². The van der Waals surface area contributed by atoms with Crippen LogP contribution in [-0.4, -0.2) is 30.5 Å². The van der Waals surface area contributed by atoms with E-state index in [1.165, 1.54) is 4.68 Å². The Morgan fingerprint density at radius 3 is 2.52 bits per heavy atom. The van der Waals surface area contributed by atoms with E-state index in [-0.39, 0.29) is 10.6 Å². The highest BCUT2D eigenvalue weighted by Gasteiger charge is 2.10. The number of hydrogen-bond acceptors (Lipinski definition) is 4. The van der Waals surface area contributed by atoms with Crippen molar-refractivity contribution in [2.24, 2.45) is 0 Å². The van der Waals surface area contributed by atoms with E-state index >= 15 is 0 Å². The molecule has 0 spiro atoms. The van der Waals surface area contributed by atoms with Crippen molar-refractivity contribution in [2.75, 3.05) is 25.6 Å². The molecule has 0 bridgehead atoms. The van der Waals surface area contributed by atoms with Crippen LogP contribution in [-0.2, 0) is 6.54 Å². The molecule has 2 rings (SSSR count). The van der Waals surface area contributed by atoms with Gasteiger partial charge in [0.2, 0.25) is 0 Å². The zero-order valence-corrected chi connectivity index (χ0v) is 13.2. The number of ether oxygens (including phenoxy) is 1. The van der Waals surface area contributed by atoms with Crippen LogP contribution >= 0.6 is 23.2 Å². The van der Waals surface area contributed by atoms with Crippen LogP contribution < -0.4 is 15.2 Å². The second-order valence-electron chi connectivity index (χ2n) is 4.57. The van der Waals surface area contributed by atoms with Crippen molar-refractivity contribution in [3.8, 4) is 5.75 Å². The number of rotatable bonds is 5. The fourth-order valence-electron chi connectivity index (χ4n) is 1.71. The van der Waals surface area contributed by atoms with Crippen molar-refractivity contribution >= 4 is 28.9 Å². The SMILES string of the molecule is CN(C)c1cnn(CCOc2ccc(Cl)cc2)c(=O)c1Cl. The van der Waals surface area contributed by atoms with Crippen molar-refractivity contribution < 1.29 is 4.74 Å². The molecule has 0 aliphatic heterocycles. The van der Waals surface area contributed by atoms with Crippen LogP contribution in [0.1, 0.15) is 0 Å². The van der Waals surface area contributed by atoms with E-state index in [1.54, 1.807) is 49.5 Å². The summed E-state index contributed by atoms with van der Waals surface area (Å²) in [5.74, 6) is 0.684. The number of halogens is 2. The minimum absolute atomic E-state index is 0.154. The monoisotopic (exact) mass is 327 g/mol. The Balaban J connectivity index is 2.02. The van der Waals surface area contributed by atoms with Crippen LogP contribution in [0.2, 0.25) is 10.0 Å². The molecule has 7 heteroatoms. The van der Waals surface area contributed by atoms with Crippen molar-refractivity contribution in [3.63, 3.8) is 0 Å². The van der Waals surface area contributed by atoms with Gasteiger partial charge in [-0.25, -0.2) is 4.68 Å². The van der Waals surface area contributed by atoms with Crippen LogP contribution in [0.4, 0.5) is 5.69 Å². The Bertz CT molecular complexity index is 669.